The standard InChI is InChI=1S/C18H18N2O6/c1-2-9-13(21)7-6-12(16(9)24)20-17(25)10-4-3-5-11(15(10)18(20)26)19-8-14(22)23/h3-5,9,12,19H,2,6-8H2,1H3,(H,22,23). The minimum atomic E-state index is -1.11. The molecule has 0 radical (unpaired) electrons. The van der Waals surface area contributed by atoms with E-state index in [-0.39, 0.29) is 35.4 Å². The third-order valence-corrected chi connectivity index (χ3v) is 4.82. The second-order valence-electron chi connectivity index (χ2n) is 6.34. The molecular weight excluding hydrogens is 340 g/mol. The largest absolute Gasteiger partial charge is 0.480 e. The fourth-order valence-corrected chi connectivity index (χ4v) is 3.58. The lowest BCUT2D eigenvalue weighted by atomic mass is 9.81. The number of nitrogens with zero attached hydrogens (tertiary/aromatic N) is 1. The first-order valence-electron chi connectivity index (χ1n) is 8.39. The molecule has 0 aromatic heterocycles. The van der Waals surface area contributed by atoms with Crippen LogP contribution in [0.3, 0.4) is 0 Å². The van der Waals surface area contributed by atoms with E-state index in [1.807, 2.05) is 0 Å². The number of aliphatic carboxylic acids is 1. The lowest BCUT2D eigenvalue weighted by Gasteiger charge is -2.31. The summed E-state index contributed by atoms with van der Waals surface area (Å²) in [4.78, 5) is 61.9. The van der Waals surface area contributed by atoms with Crippen molar-refractivity contribution in [2.45, 2.75) is 32.2 Å². The maximum Gasteiger partial charge on any atom is 0.322 e. The van der Waals surface area contributed by atoms with E-state index in [2.05, 4.69) is 5.32 Å². The molecule has 0 saturated heterocycles. The second-order valence-corrected chi connectivity index (χ2v) is 6.34. The molecule has 2 unspecified atom stereocenters. The summed E-state index contributed by atoms with van der Waals surface area (Å²) >= 11 is 0. The van der Waals surface area contributed by atoms with E-state index in [1.165, 1.54) is 12.1 Å². The minimum Gasteiger partial charge on any atom is -0.480 e. The van der Waals surface area contributed by atoms with Crippen LogP contribution in [0.5, 0.6) is 0 Å². The topological polar surface area (TPSA) is 121 Å². The molecule has 8 heteroatoms. The van der Waals surface area contributed by atoms with Crippen molar-refractivity contribution in [3.05, 3.63) is 29.3 Å². The van der Waals surface area contributed by atoms with Gasteiger partial charge in [-0.05, 0) is 25.0 Å². The van der Waals surface area contributed by atoms with Gasteiger partial charge in [0.05, 0.1) is 23.1 Å². The van der Waals surface area contributed by atoms with Crippen LogP contribution in [0.1, 0.15) is 46.9 Å². The molecule has 1 fully saturated rings. The van der Waals surface area contributed by atoms with Gasteiger partial charge in [-0.3, -0.25) is 28.9 Å². The number of hydrogen-bond acceptors (Lipinski definition) is 6. The Balaban J connectivity index is 1.94. The van der Waals surface area contributed by atoms with Crippen LogP contribution in [-0.4, -0.2) is 51.9 Å². The van der Waals surface area contributed by atoms with Crippen LogP contribution in [0, 0.1) is 5.92 Å². The third kappa shape index (κ3) is 2.77. The summed E-state index contributed by atoms with van der Waals surface area (Å²) in [6, 6.07) is 3.56. The maximum atomic E-state index is 12.9. The Morgan fingerprint density at radius 1 is 1.23 bits per heavy atom. The SMILES string of the molecule is CCC1C(=O)CCC(N2C(=O)c3cccc(NCC(=O)O)c3C2=O)C1=O. The van der Waals surface area contributed by atoms with E-state index in [0.29, 0.717) is 6.42 Å². The Kier molecular flexibility index (Phi) is 4.58. The highest BCUT2D eigenvalue weighted by atomic mass is 16.4. The molecule has 136 valence electrons. The average Bonchev–Trinajstić information content (AvgIpc) is 2.86. The fraction of sp³-hybridized carbons (Fsp3) is 0.389. The summed E-state index contributed by atoms with van der Waals surface area (Å²) in [7, 11) is 0. The van der Waals surface area contributed by atoms with Crippen molar-refractivity contribution >= 4 is 35.0 Å². The normalized spacial score (nSPS) is 22.6. The molecule has 2 aliphatic rings. The summed E-state index contributed by atoms with van der Waals surface area (Å²) in [5.74, 6) is -3.69. The first-order chi connectivity index (χ1) is 12.4. The van der Waals surface area contributed by atoms with Crippen molar-refractivity contribution in [2.24, 2.45) is 5.92 Å². The van der Waals surface area contributed by atoms with E-state index in [1.54, 1.807) is 13.0 Å². The molecule has 1 aromatic carbocycles. The van der Waals surface area contributed by atoms with Crippen molar-refractivity contribution < 1.29 is 29.1 Å². The number of ketones is 2. The molecule has 26 heavy (non-hydrogen) atoms. The van der Waals surface area contributed by atoms with Gasteiger partial charge < -0.3 is 10.4 Å². The molecule has 1 heterocycles. The van der Waals surface area contributed by atoms with Crippen molar-refractivity contribution in [3.8, 4) is 0 Å². The van der Waals surface area contributed by atoms with Gasteiger partial charge in [0.25, 0.3) is 11.8 Å². The minimum absolute atomic E-state index is 0.0662. The molecule has 1 aromatic rings. The predicted molar refractivity (Wildman–Crippen MR) is 89.9 cm³/mol. The Hall–Kier alpha value is -3.03. The lowest BCUT2D eigenvalue weighted by molar-refractivity contribution is -0.139. The number of fused-ring (bicyclic) bond motifs is 1. The molecule has 2 amide bonds. The maximum absolute atomic E-state index is 12.9. The number of hydrogen-bond donors (Lipinski definition) is 2. The average molecular weight is 358 g/mol. The zero-order valence-electron chi connectivity index (χ0n) is 14.2. The fourth-order valence-electron chi connectivity index (χ4n) is 3.58. The molecule has 0 spiro atoms. The zero-order chi connectivity index (χ0) is 19.0. The van der Waals surface area contributed by atoms with Crippen LogP contribution in [0.25, 0.3) is 0 Å². The van der Waals surface area contributed by atoms with E-state index in [4.69, 9.17) is 5.11 Å². The number of anilines is 1. The van der Waals surface area contributed by atoms with Gasteiger partial charge in [-0.1, -0.05) is 13.0 Å². The first kappa shape index (κ1) is 17.8. The monoisotopic (exact) mass is 358 g/mol. The van der Waals surface area contributed by atoms with E-state index < -0.39 is 42.1 Å². The van der Waals surface area contributed by atoms with E-state index in [0.717, 1.165) is 4.90 Å². The number of Topliss-reactive ketones (excluding diaryl/α,β-unsaturated/α-hetero) is 2. The smallest absolute Gasteiger partial charge is 0.322 e. The van der Waals surface area contributed by atoms with Crippen LogP contribution < -0.4 is 5.32 Å². The number of carbonyl (C=O) groups excluding carboxylic acids is 4. The van der Waals surface area contributed by atoms with E-state index >= 15 is 0 Å². The Bertz CT molecular complexity index is 831. The van der Waals surface area contributed by atoms with Crippen molar-refractivity contribution in [1.82, 2.24) is 4.90 Å². The zero-order valence-corrected chi connectivity index (χ0v) is 14.2. The second kappa shape index (κ2) is 6.70. The molecule has 0 bridgehead atoms. The van der Waals surface area contributed by atoms with Crippen molar-refractivity contribution in [1.29, 1.82) is 0 Å². The number of carboxylic acids is 1. The Labute approximate surface area is 149 Å². The molecule has 3 rings (SSSR count). The molecule has 2 N–H and O–H groups in total. The summed E-state index contributed by atoms with van der Waals surface area (Å²) in [5.41, 5.74) is 0.428. The molecule has 2 atom stereocenters. The first-order valence-corrected chi connectivity index (χ1v) is 8.39. The molecule has 8 nitrogen and oxygen atoms in total. The quantitative estimate of drug-likeness (QED) is 0.597. The molecule has 1 aliphatic heterocycles. The molecule has 1 saturated carbocycles. The highest BCUT2D eigenvalue weighted by Gasteiger charge is 2.47. The Morgan fingerprint density at radius 2 is 1.96 bits per heavy atom. The number of amides is 2. The van der Waals surface area contributed by atoms with Crippen LogP contribution >= 0.6 is 0 Å². The van der Waals surface area contributed by atoms with Gasteiger partial charge in [0.1, 0.15) is 12.3 Å². The van der Waals surface area contributed by atoms with Gasteiger partial charge in [0.2, 0.25) is 0 Å². The van der Waals surface area contributed by atoms with Crippen molar-refractivity contribution in [3.63, 3.8) is 0 Å². The van der Waals surface area contributed by atoms with Crippen LogP contribution in [0.4, 0.5) is 5.69 Å². The summed E-state index contributed by atoms with van der Waals surface area (Å²) in [6.07, 6.45) is 0.604. The predicted octanol–water partition coefficient (Wildman–Crippen LogP) is 1.11. The highest BCUT2D eigenvalue weighted by Crippen LogP contribution is 2.34. The van der Waals surface area contributed by atoms with Crippen molar-refractivity contribution in [2.75, 3.05) is 11.9 Å². The highest BCUT2D eigenvalue weighted by molar-refractivity contribution is 6.26. The summed E-state index contributed by atoms with van der Waals surface area (Å²) in [6.45, 7) is 1.31. The number of nitrogens with one attached hydrogen (secondary N) is 1. The van der Waals surface area contributed by atoms with Crippen LogP contribution in [-0.2, 0) is 14.4 Å². The Morgan fingerprint density at radius 3 is 2.62 bits per heavy atom. The van der Waals surface area contributed by atoms with E-state index in [9.17, 15) is 24.0 Å². The van der Waals surface area contributed by atoms with Gasteiger partial charge in [0.15, 0.2) is 5.78 Å². The number of benzene rings is 1. The van der Waals surface area contributed by atoms with Gasteiger partial charge in [-0.2, -0.15) is 0 Å². The van der Waals surface area contributed by atoms with Gasteiger partial charge in [0, 0.05) is 12.1 Å². The van der Waals surface area contributed by atoms with Crippen LogP contribution in [0.15, 0.2) is 18.2 Å². The number of imide groups is 1. The lowest BCUT2D eigenvalue weighted by Crippen LogP contribution is -2.51. The molecular formula is C18H18N2O6. The van der Waals surface area contributed by atoms with Crippen LogP contribution in [0.2, 0.25) is 0 Å². The van der Waals surface area contributed by atoms with Gasteiger partial charge in [-0.15, -0.1) is 0 Å². The third-order valence-electron chi connectivity index (χ3n) is 4.82. The van der Waals surface area contributed by atoms with Gasteiger partial charge >= 0.3 is 5.97 Å². The molecule has 1 aliphatic carbocycles. The summed E-state index contributed by atoms with van der Waals surface area (Å²) in [5, 5.41) is 11.4. The number of carbonyl (C=O) groups is 5. The number of carboxylic acid groups (broad SMARTS) is 1. The number of rotatable bonds is 5. The summed E-state index contributed by atoms with van der Waals surface area (Å²) < 4.78 is 0. The van der Waals surface area contributed by atoms with Gasteiger partial charge in [-0.25, -0.2) is 0 Å².